The van der Waals surface area contributed by atoms with Crippen LogP contribution >= 0.6 is 0 Å². The normalized spacial score (nSPS) is 12.0. The SMILES string of the molecule is CCCCCCC(C)Nc1ccc(F)cc1C(=O)OC. The maximum Gasteiger partial charge on any atom is 0.340 e. The highest BCUT2D eigenvalue weighted by atomic mass is 19.1. The Kier molecular flexibility index (Phi) is 7.05. The molecule has 0 aliphatic heterocycles. The van der Waals surface area contributed by atoms with Crippen LogP contribution in [0.4, 0.5) is 10.1 Å². The lowest BCUT2D eigenvalue weighted by Gasteiger charge is -2.17. The summed E-state index contributed by atoms with van der Waals surface area (Å²) in [7, 11) is 1.30. The summed E-state index contributed by atoms with van der Waals surface area (Å²) in [5, 5.41) is 3.26. The second-order valence-electron chi connectivity index (χ2n) is 5.08. The first-order chi connectivity index (χ1) is 9.58. The maximum absolute atomic E-state index is 13.2. The molecule has 3 nitrogen and oxygen atoms in total. The van der Waals surface area contributed by atoms with Crippen molar-refractivity contribution < 1.29 is 13.9 Å². The highest BCUT2D eigenvalue weighted by Gasteiger charge is 2.14. The number of hydrogen-bond donors (Lipinski definition) is 1. The first-order valence-electron chi connectivity index (χ1n) is 7.22. The maximum atomic E-state index is 13.2. The summed E-state index contributed by atoms with van der Waals surface area (Å²) >= 11 is 0. The fourth-order valence-electron chi connectivity index (χ4n) is 2.14. The third-order valence-corrected chi connectivity index (χ3v) is 3.28. The summed E-state index contributed by atoms with van der Waals surface area (Å²) in [5.41, 5.74) is 0.870. The summed E-state index contributed by atoms with van der Waals surface area (Å²) in [5.74, 6) is -0.961. The van der Waals surface area contributed by atoms with Crippen LogP contribution in [0.5, 0.6) is 0 Å². The number of hydrogen-bond acceptors (Lipinski definition) is 3. The van der Waals surface area contributed by atoms with Gasteiger partial charge >= 0.3 is 5.97 Å². The molecule has 0 spiro atoms. The number of nitrogens with one attached hydrogen (secondary N) is 1. The van der Waals surface area contributed by atoms with Gasteiger partial charge in [-0.05, 0) is 31.5 Å². The first-order valence-corrected chi connectivity index (χ1v) is 7.22. The van der Waals surface area contributed by atoms with Crippen molar-refractivity contribution in [1.82, 2.24) is 0 Å². The number of methoxy groups -OCH3 is 1. The molecule has 1 atom stereocenters. The van der Waals surface area contributed by atoms with E-state index in [0.29, 0.717) is 5.69 Å². The van der Waals surface area contributed by atoms with Gasteiger partial charge in [0, 0.05) is 11.7 Å². The van der Waals surface area contributed by atoms with Crippen molar-refractivity contribution in [2.75, 3.05) is 12.4 Å². The van der Waals surface area contributed by atoms with Gasteiger partial charge in [0.15, 0.2) is 0 Å². The summed E-state index contributed by atoms with van der Waals surface area (Å²) in [6.45, 7) is 4.25. The molecule has 0 radical (unpaired) electrons. The molecule has 0 heterocycles. The smallest absolute Gasteiger partial charge is 0.340 e. The van der Waals surface area contributed by atoms with E-state index in [2.05, 4.69) is 23.9 Å². The van der Waals surface area contributed by atoms with Crippen LogP contribution in [0, 0.1) is 5.82 Å². The van der Waals surface area contributed by atoms with Gasteiger partial charge < -0.3 is 10.1 Å². The van der Waals surface area contributed by atoms with Crippen molar-refractivity contribution in [1.29, 1.82) is 0 Å². The molecule has 0 saturated heterocycles. The van der Waals surface area contributed by atoms with E-state index in [9.17, 15) is 9.18 Å². The van der Waals surface area contributed by atoms with E-state index in [-0.39, 0.29) is 11.6 Å². The Morgan fingerprint density at radius 3 is 2.75 bits per heavy atom. The molecule has 0 aliphatic carbocycles. The van der Waals surface area contributed by atoms with E-state index in [0.717, 1.165) is 12.8 Å². The molecule has 0 amide bonds. The summed E-state index contributed by atoms with van der Waals surface area (Å²) in [6.07, 6.45) is 5.85. The predicted molar refractivity (Wildman–Crippen MR) is 79.6 cm³/mol. The molecule has 0 aliphatic rings. The zero-order chi connectivity index (χ0) is 15.0. The van der Waals surface area contributed by atoms with Crippen LogP contribution in [0.15, 0.2) is 18.2 Å². The number of halogens is 1. The van der Waals surface area contributed by atoms with Gasteiger partial charge in [-0.2, -0.15) is 0 Å². The lowest BCUT2D eigenvalue weighted by atomic mass is 10.1. The second-order valence-corrected chi connectivity index (χ2v) is 5.08. The average molecular weight is 281 g/mol. The van der Waals surface area contributed by atoms with E-state index in [1.807, 2.05) is 0 Å². The van der Waals surface area contributed by atoms with Gasteiger partial charge in [-0.1, -0.05) is 32.6 Å². The molecule has 1 aromatic rings. The minimum atomic E-state index is -0.523. The largest absolute Gasteiger partial charge is 0.465 e. The molecule has 0 bridgehead atoms. The molecular formula is C16H24FNO2. The van der Waals surface area contributed by atoms with Crippen molar-refractivity contribution >= 4 is 11.7 Å². The Bertz CT molecular complexity index is 434. The number of esters is 1. The van der Waals surface area contributed by atoms with E-state index in [4.69, 9.17) is 0 Å². The van der Waals surface area contributed by atoms with E-state index in [1.54, 1.807) is 6.07 Å². The lowest BCUT2D eigenvalue weighted by molar-refractivity contribution is 0.0601. The quantitative estimate of drug-likeness (QED) is 0.567. The number of ether oxygens (including phenoxy) is 1. The number of anilines is 1. The molecular weight excluding hydrogens is 257 g/mol. The molecule has 0 aromatic heterocycles. The lowest BCUT2D eigenvalue weighted by Crippen LogP contribution is -2.18. The highest BCUT2D eigenvalue weighted by Crippen LogP contribution is 2.20. The zero-order valence-corrected chi connectivity index (χ0v) is 12.5. The number of rotatable bonds is 8. The number of unbranched alkanes of at least 4 members (excludes halogenated alkanes) is 3. The Morgan fingerprint density at radius 2 is 2.10 bits per heavy atom. The Balaban J connectivity index is 2.64. The predicted octanol–water partition coefficient (Wildman–Crippen LogP) is 4.38. The van der Waals surface area contributed by atoms with Crippen LogP contribution < -0.4 is 5.32 Å². The van der Waals surface area contributed by atoms with Gasteiger partial charge in [0.2, 0.25) is 0 Å². The molecule has 4 heteroatoms. The summed E-state index contributed by atoms with van der Waals surface area (Å²) < 4.78 is 17.9. The topological polar surface area (TPSA) is 38.3 Å². The van der Waals surface area contributed by atoms with Crippen LogP contribution in [0.2, 0.25) is 0 Å². The highest BCUT2D eigenvalue weighted by molar-refractivity contribution is 5.95. The van der Waals surface area contributed by atoms with Gasteiger partial charge in [-0.15, -0.1) is 0 Å². The third kappa shape index (κ3) is 5.19. The third-order valence-electron chi connectivity index (χ3n) is 3.28. The Morgan fingerprint density at radius 1 is 1.35 bits per heavy atom. The Hall–Kier alpha value is -1.58. The zero-order valence-electron chi connectivity index (χ0n) is 12.5. The number of carbonyl (C=O) groups is 1. The first kappa shape index (κ1) is 16.5. The average Bonchev–Trinajstić information content (AvgIpc) is 2.44. The summed E-state index contributed by atoms with van der Waals surface area (Å²) in [6, 6.07) is 4.38. The molecule has 20 heavy (non-hydrogen) atoms. The molecule has 0 fully saturated rings. The van der Waals surface area contributed by atoms with Crippen LogP contribution in [0.1, 0.15) is 56.3 Å². The number of carbonyl (C=O) groups excluding carboxylic acids is 1. The minimum absolute atomic E-state index is 0.237. The van der Waals surface area contributed by atoms with Gasteiger partial charge in [-0.25, -0.2) is 9.18 Å². The van der Waals surface area contributed by atoms with Crippen molar-refractivity contribution in [2.45, 2.75) is 52.0 Å². The van der Waals surface area contributed by atoms with Crippen LogP contribution in [0.3, 0.4) is 0 Å². The van der Waals surface area contributed by atoms with Crippen molar-refractivity contribution in [2.24, 2.45) is 0 Å². The van der Waals surface area contributed by atoms with Crippen molar-refractivity contribution in [3.63, 3.8) is 0 Å². The van der Waals surface area contributed by atoms with Gasteiger partial charge in [0.25, 0.3) is 0 Å². The van der Waals surface area contributed by atoms with Crippen LogP contribution in [-0.2, 0) is 4.74 Å². The van der Waals surface area contributed by atoms with Gasteiger partial charge in [0.1, 0.15) is 5.82 Å². The van der Waals surface area contributed by atoms with Gasteiger partial charge in [-0.3, -0.25) is 0 Å². The number of benzene rings is 1. The van der Waals surface area contributed by atoms with Crippen molar-refractivity contribution in [3.8, 4) is 0 Å². The van der Waals surface area contributed by atoms with Crippen LogP contribution in [-0.4, -0.2) is 19.1 Å². The molecule has 1 N–H and O–H groups in total. The summed E-state index contributed by atoms with van der Waals surface area (Å²) in [4.78, 5) is 11.6. The molecule has 1 rings (SSSR count). The molecule has 112 valence electrons. The monoisotopic (exact) mass is 281 g/mol. The molecule has 1 aromatic carbocycles. The fraction of sp³-hybridized carbons (Fsp3) is 0.562. The van der Waals surface area contributed by atoms with E-state index >= 15 is 0 Å². The molecule has 1 unspecified atom stereocenters. The standard InChI is InChI=1S/C16H24FNO2/c1-4-5-6-7-8-12(2)18-15-10-9-13(17)11-14(15)16(19)20-3/h9-12,18H,4-8H2,1-3H3. The van der Waals surface area contributed by atoms with Gasteiger partial charge in [0.05, 0.1) is 12.7 Å². The second kappa shape index (κ2) is 8.56. The Labute approximate surface area is 120 Å². The van der Waals surface area contributed by atoms with E-state index in [1.165, 1.54) is 38.5 Å². The molecule has 0 saturated carbocycles. The van der Waals surface area contributed by atoms with Crippen molar-refractivity contribution in [3.05, 3.63) is 29.6 Å². The van der Waals surface area contributed by atoms with E-state index < -0.39 is 11.8 Å². The van der Waals surface area contributed by atoms with Crippen LogP contribution in [0.25, 0.3) is 0 Å². The minimum Gasteiger partial charge on any atom is -0.465 e. The fourth-order valence-corrected chi connectivity index (χ4v) is 2.14.